The number of ether oxygens (including phenoxy) is 3. The maximum absolute atomic E-state index is 11.7. The number of hydrogen-bond donors (Lipinski definition) is 1. The Labute approximate surface area is 183 Å². The molecule has 3 atom stereocenters. The van der Waals surface area contributed by atoms with Crippen LogP contribution >= 0.6 is 0 Å². The first-order chi connectivity index (χ1) is 14.3. The molecule has 5 nitrogen and oxygen atoms in total. The molecule has 0 saturated carbocycles. The molecule has 3 unspecified atom stereocenters. The monoisotopic (exact) mass is 422 g/mol. The first-order valence-corrected chi connectivity index (χ1v) is 11.7. The standard InChI is InChI=1S/C25H42O5/c1-7-10-13-18(4)28-22-16-21(25(26)27)17-23(29-19(5)14-11-8-2)24(22)30-20(6)15-12-9-3/h16-20H,7-15H2,1-6H3,(H,26,27). The first-order valence-electron chi connectivity index (χ1n) is 11.7. The van der Waals surface area contributed by atoms with E-state index in [1.807, 2.05) is 20.8 Å². The van der Waals surface area contributed by atoms with Crippen molar-refractivity contribution in [3.8, 4) is 17.2 Å². The van der Waals surface area contributed by atoms with Crippen LogP contribution in [-0.4, -0.2) is 29.4 Å². The summed E-state index contributed by atoms with van der Waals surface area (Å²) in [6, 6.07) is 3.13. The molecule has 5 heteroatoms. The third-order valence-corrected chi connectivity index (χ3v) is 5.14. The fourth-order valence-corrected chi connectivity index (χ4v) is 3.28. The van der Waals surface area contributed by atoms with Gasteiger partial charge in [0, 0.05) is 0 Å². The summed E-state index contributed by atoms with van der Waals surface area (Å²) in [7, 11) is 0. The number of unbranched alkanes of at least 4 members (excludes halogenated alkanes) is 3. The zero-order valence-electron chi connectivity index (χ0n) is 19.8. The lowest BCUT2D eigenvalue weighted by molar-refractivity contribution is 0.0694. The predicted molar refractivity (Wildman–Crippen MR) is 122 cm³/mol. The van der Waals surface area contributed by atoms with E-state index in [0.29, 0.717) is 17.2 Å². The van der Waals surface area contributed by atoms with E-state index in [1.165, 1.54) is 0 Å². The molecule has 1 aromatic carbocycles. The van der Waals surface area contributed by atoms with Gasteiger partial charge < -0.3 is 19.3 Å². The highest BCUT2D eigenvalue weighted by molar-refractivity contribution is 5.89. The van der Waals surface area contributed by atoms with Crippen molar-refractivity contribution in [3.05, 3.63) is 17.7 Å². The summed E-state index contributed by atoms with van der Waals surface area (Å²) in [5.74, 6) is 0.437. The van der Waals surface area contributed by atoms with E-state index in [1.54, 1.807) is 12.1 Å². The minimum atomic E-state index is -1.00. The summed E-state index contributed by atoms with van der Waals surface area (Å²) in [5, 5.41) is 9.62. The Morgan fingerprint density at radius 1 is 0.767 bits per heavy atom. The number of carboxylic acid groups (broad SMARTS) is 1. The Morgan fingerprint density at radius 2 is 1.13 bits per heavy atom. The van der Waals surface area contributed by atoms with Crippen LogP contribution < -0.4 is 14.2 Å². The zero-order chi connectivity index (χ0) is 22.5. The molecule has 0 fully saturated rings. The molecule has 172 valence electrons. The van der Waals surface area contributed by atoms with Gasteiger partial charge in [0.1, 0.15) is 0 Å². The fourth-order valence-electron chi connectivity index (χ4n) is 3.28. The van der Waals surface area contributed by atoms with Gasteiger partial charge in [0.15, 0.2) is 11.5 Å². The van der Waals surface area contributed by atoms with Crippen LogP contribution in [0.1, 0.15) is 110 Å². The van der Waals surface area contributed by atoms with Gasteiger partial charge in [-0.1, -0.05) is 59.3 Å². The van der Waals surface area contributed by atoms with E-state index < -0.39 is 5.97 Å². The summed E-state index contributed by atoms with van der Waals surface area (Å²) in [4.78, 5) is 11.7. The van der Waals surface area contributed by atoms with Gasteiger partial charge in [-0.15, -0.1) is 0 Å². The van der Waals surface area contributed by atoms with E-state index >= 15 is 0 Å². The van der Waals surface area contributed by atoms with Gasteiger partial charge in [-0.3, -0.25) is 0 Å². The van der Waals surface area contributed by atoms with Crippen LogP contribution in [0.5, 0.6) is 17.2 Å². The molecule has 0 aliphatic heterocycles. The maximum Gasteiger partial charge on any atom is 0.335 e. The summed E-state index contributed by atoms with van der Waals surface area (Å²) in [6.45, 7) is 12.5. The Balaban J connectivity index is 3.28. The molecule has 0 heterocycles. The average Bonchev–Trinajstić information content (AvgIpc) is 2.70. The molecule has 0 saturated heterocycles. The molecule has 0 amide bonds. The van der Waals surface area contributed by atoms with Crippen LogP contribution in [0.25, 0.3) is 0 Å². The van der Waals surface area contributed by atoms with Gasteiger partial charge in [-0.05, 0) is 52.2 Å². The fraction of sp³-hybridized carbons (Fsp3) is 0.720. The first kappa shape index (κ1) is 26.1. The van der Waals surface area contributed by atoms with E-state index in [2.05, 4.69) is 20.8 Å². The number of aromatic carboxylic acids is 1. The minimum Gasteiger partial charge on any atom is -0.487 e. The smallest absolute Gasteiger partial charge is 0.335 e. The number of carbonyl (C=O) groups is 1. The van der Waals surface area contributed by atoms with Crippen LogP contribution in [0.2, 0.25) is 0 Å². The van der Waals surface area contributed by atoms with Gasteiger partial charge in [0.2, 0.25) is 5.75 Å². The molecular weight excluding hydrogens is 380 g/mol. The Morgan fingerprint density at radius 3 is 1.47 bits per heavy atom. The van der Waals surface area contributed by atoms with Gasteiger partial charge in [-0.25, -0.2) is 4.79 Å². The second-order valence-electron chi connectivity index (χ2n) is 8.32. The van der Waals surface area contributed by atoms with Crippen LogP contribution in [0.4, 0.5) is 0 Å². The zero-order valence-corrected chi connectivity index (χ0v) is 19.8. The van der Waals surface area contributed by atoms with Crippen LogP contribution in [0.15, 0.2) is 12.1 Å². The van der Waals surface area contributed by atoms with Crippen molar-refractivity contribution >= 4 is 5.97 Å². The Bertz CT molecular complexity index is 591. The van der Waals surface area contributed by atoms with Crippen molar-refractivity contribution in [2.75, 3.05) is 0 Å². The third kappa shape index (κ3) is 9.27. The largest absolute Gasteiger partial charge is 0.487 e. The minimum absolute atomic E-state index is 0.0118. The number of benzene rings is 1. The summed E-state index contributed by atoms with van der Waals surface area (Å²) in [5.41, 5.74) is 0.152. The Hall–Kier alpha value is -1.91. The third-order valence-electron chi connectivity index (χ3n) is 5.14. The van der Waals surface area contributed by atoms with Crippen LogP contribution in [0, 0.1) is 0 Å². The second-order valence-corrected chi connectivity index (χ2v) is 8.32. The lowest BCUT2D eigenvalue weighted by Gasteiger charge is -2.25. The Kier molecular flexibility index (Phi) is 12.3. The molecule has 0 radical (unpaired) electrons. The van der Waals surface area contributed by atoms with Crippen molar-refractivity contribution in [2.45, 2.75) is 118 Å². The lowest BCUT2D eigenvalue weighted by atomic mass is 10.1. The van der Waals surface area contributed by atoms with Crippen molar-refractivity contribution in [1.29, 1.82) is 0 Å². The summed E-state index contributed by atoms with van der Waals surface area (Å²) < 4.78 is 18.6. The molecule has 0 aliphatic rings. The second kappa shape index (κ2) is 14.2. The SMILES string of the molecule is CCCCC(C)Oc1cc(C(=O)O)cc(OC(C)CCCC)c1OC(C)CCCC. The van der Waals surface area contributed by atoms with Gasteiger partial charge in [0.25, 0.3) is 0 Å². The number of rotatable bonds is 16. The van der Waals surface area contributed by atoms with E-state index in [4.69, 9.17) is 14.2 Å². The van der Waals surface area contributed by atoms with Gasteiger partial charge in [0.05, 0.1) is 23.9 Å². The van der Waals surface area contributed by atoms with Crippen molar-refractivity contribution < 1.29 is 24.1 Å². The molecular formula is C25H42O5. The van der Waals surface area contributed by atoms with Crippen molar-refractivity contribution in [3.63, 3.8) is 0 Å². The van der Waals surface area contributed by atoms with E-state index in [0.717, 1.165) is 57.8 Å². The summed E-state index contributed by atoms with van der Waals surface area (Å²) in [6.07, 6.45) is 9.10. The number of hydrogen-bond acceptors (Lipinski definition) is 4. The quantitative estimate of drug-likeness (QED) is 0.304. The highest BCUT2D eigenvalue weighted by Gasteiger charge is 2.23. The van der Waals surface area contributed by atoms with Crippen LogP contribution in [0.3, 0.4) is 0 Å². The highest BCUT2D eigenvalue weighted by Crippen LogP contribution is 2.41. The highest BCUT2D eigenvalue weighted by atomic mass is 16.6. The van der Waals surface area contributed by atoms with Crippen LogP contribution in [-0.2, 0) is 0 Å². The molecule has 1 N–H and O–H groups in total. The topological polar surface area (TPSA) is 65.0 Å². The molecule has 30 heavy (non-hydrogen) atoms. The molecule has 1 rings (SSSR count). The molecule has 0 aliphatic carbocycles. The molecule has 0 aromatic heterocycles. The summed E-state index contributed by atoms with van der Waals surface area (Å²) >= 11 is 0. The molecule has 0 bridgehead atoms. The van der Waals surface area contributed by atoms with Gasteiger partial charge in [-0.2, -0.15) is 0 Å². The van der Waals surface area contributed by atoms with Crippen molar-refractivity contribution in [1.82, 2.24) is 0 Å². The van der Waals surface area contributed by atoms with E-state index in [-0.39, 0.29) is 23.9 Å². The molecule has 1 aromatic rings. The number of carboxylic acids is 1. The molecule has 0 spiro atoms. The predicted octanol–water partition coefficient (Wildman–Crippen LogP) is 7.26. The van der Waals surface area contributed by atoms with E-state index in [9.17, 15) is 9.90 Å². The van der Waals surface area contributed by atoms with Crippen molar-refractivity contribution in [2.24, 2.45) is 0 Å². The van der Waals surface area contributed by atoms with Gasteiger partial charge >= 0.3 is 5.97 Å². The maximum atomic E-state index is 11.7. The average molecular weight is 423 g/mol. The lowest BCUT2D eigenvalue weighted by Crippen LogP contribution is -2.19. The normalized spacial score (nSPS) is 14.1.